The van der Waals surface area contributed by atoms with Gasteiger partial charge in [-0.15, -0.1) is 0 Å². The first-order valence-corrected chi connectivity index (χ1v) is 11.2. The van der Waals surface area contributed by atoms with Crippen LogP contribution in [0.2, 0.25) is 0 Å². The molecule has 31 heavy (non-hydrogen) atoms. The van der Waals surface area contributed by atoms with Crippen molar-refractivity contribution in [3.05, 3.63) is 95.6 Å². The van der Waals surface area contributed by atoms with Crippen LogP contribution < -0.4 is 5.32 Å². The molecule has 0 fully saturated rings. The first-order chi connectivity index (χ1) is 14.8. The molecule has 0 aliphatic carbocycles. The summed E-state index contributed by atoms with van der Waals surface area (Å²) in [6.45, 7) is 3.08. The van der Waals surface area contributed by atoms with Crippen LogP contribution in [0, 0.1) is 6.92 Å². The lowest BCUT2D eigenvalue weighted by Gasteiger charge is -2.22. The number of carbonyl (C=O) groups excluding carboxylic acids is 2. The molecule has 3 aromatic carbocycles. The van der Waals surface area contributed by atoms with E-state index in [4.69, 9.17) is 0 Å². The van der Waals surface area contributed by atoms with Crippen LogP contribution >= 0.6 is 0 Å². The highest BCUT2D eigenvalue weighted by atomic mass is 32.2. The van der Waals surface area contributed by atoms with Crippen LogP contribution in [0.15, 0.2) is 83.8 Å². The van der Waals surface area contributed by atoms with Gasteiger partial charge < -0.3 is 5.32 Å². The van der Waals surface area contributed by atoms with Crippen molar-refractivity contribution in [2.75, 3.05) is 11.9 Å². The third kappa shape index (κ3) is 5.87. The van der Waals surface area contributed by atoms with Gasteiger partial charge in [0.1, 0.15) is 0 Å². The molecule has 7 heteroatoms. The molecule has 0 radical (unpaired) electrons. The van der Waals surface area contributed by atoms with Gasteiger partial charge in [0.25, 0.3) is 0 Å². The maximum Gasteiger partial charge on any atom is 0.243 e. The van der Waals surface area contributed by atoms with Crippen molar-refractivity contribution in [2.45, 2.75) is 25.3 Å². The Morgan fingerprint density at radius 1 is 0.903 bits per heavy atom. The Labute approximate surface area is 182 Å². The van der Waals surface area contributed by atoms with Crippen molar-refractivity contribution in [3.63, 3.8) is 0 Å². The number of Topliss-reactive ketones (excluding diaryl/α,β-unsaturated/α-hetero) is 1. The molecule has 0 aromatic heterocycles. The van der Waals surface area contributed by atoms with Crippen LogP contribution in [0.3, 0.4) is 0 Å². The molecule has 3 aromatic rings. The van der Waals surface area contributed by atoms with Crippen molar-refractivity contribution in [1.82, 2.24) is 4.31 Å². The van der Waals surface area contributed by atoms with Gasteiger partial charge in [-0.25, -0.2) is 8.42 Å². The van der Waals surface area contributed by atoms with E-state index in [1.54, 1.807) is 42.5 Å². The number of hydrogen-bond donors (Lipinski definition) is 1. The second-order valence-electron chi connectivity index (χ2n) is 7.26. The van der Waals surface area contributed by atoms with Crippen molar-refractivity contribution in [3.8, 4) is 0 Å². The molecule has 0 aliphatic heterocycles. The van der Waals surface area contributed by atoms with E-state index >= 15 is 0 Å². The fourth-order valence-corrected chi connectivity index (χ4v) is 4.45. The number of aryl methyl sites for hydroxylation is 1. The quantitative estimate of drug-likeness (QED) is 0.541. The predicted molar refractivity (Wildman–Crippen MR) is 120 cm³/mol. The van der Waals surface area contributed by atoms with E-state index < -0.39 is 15.9 Å². The molecule has 1 N–H and O–H groups in total. The van der Waals surface area contributed by atoms with E-state index in [1.165, 1.54) is 19.1 Å². The molecule has 3 rings (SSSR count). The molecule has 1 amide bonds. The Balaban J connectivity index is 1.85. The van der Waals surface area contributed by atoms with E-state index in [1.807, 2.05) is 31.2 Å². The van der Waals surface area contributed by atoms with Gasteiger partial charge in [-0.1, -0.05) is 60.2 Å². The highest BCUT2D eigenvalue weighted by Crippen LogP contribution is 2.19. The van der Waals surface area contributed by atoms with Crippen molar-refractivity contribution in [2.24, 2.45) is 0 Å². The Kier molecular flexibility index (Phi) is 6.99. The van der Waals surface area contributed by atoms with E-state index in [-0.39, 0.29) is 23.8 Å². The number of benzene rings is 3. The van der Waals surface area contributed by atoms with E-state index in [0.29, 0.717) is 11.3 Å². The Morgan fingerprint density at radius 3 is 2.23 bits per heavy atom. The van der Waals surface area contributed by atoms with Crippen molar-refractivity contribution in [1.29, 1.82) is 0 Å². The van der Waals surface area contributed by atoms with E-state index in [2.05, 4.69) is 5.32 Å². The molecule has 0 saturated carbocycles. The highest BCUT2D eigenvalue weighted by Gasteiger charge is 2.27. The SMILES string of the molecule is CC(=O)c1cccc(NC(=O)CN(Cc2ccc(C)cc2)S(=O)(=O)c2ccccc2)c1. The summed E-state index contributed by atoms with van der Waals surface area (Å²) in [6.07, 6.45) is 0. The lowest BCUT2D eigenvalue weighted by atomic mass is 10.1. The molecule has 0 aliphatic rings. The summed E-state index contributed by atoms with van der Waals surface area (Å²) in [7, 11) is -3.90. The largest absolute Gasteiger partial charge is 0.325 e. The number of amides is 1. The summed E-state index contributed by atoms with van der Waals surface area (Å²) in [5, 5.41) is 2.69. The molecule has 0 atom stereocenters. The molecule has 0 unspecified atom stereocenters. The first kappa shape index (κ1) is 22.4. The standard InChI is InChI=1S/C24H24N2O4S/c1-18-11-13-20(14-12-18)16-26(31(29,30)23-9-4-3-5-10-23)17-24(28)25-22-8-6-7-21(15-22)19(2)27/h3-15H,16-17H2,1-2H3,(H,25,28). The summed E-state index contributed by atoms with van der Waals surface area (Å²) in [5.41, 5.74) is 2.73. The van der Waals surface area contributed by atoms with E-state index in [9.17, 15) is 18.0 Å². The fourth-order valence-electron chi connectivity index (χ4n) is 3.04. The van der Waals surface area contributed by atoms with Gasteiger partial charge in [-0.3, -0.25) is 9.59 Å². The fraction of sp³-hybridized carbons (Fsp3) is 0.167. The van der Waals surface area contributed by atoms with Gasteiger partial charge in [0, 0.05) is 17.8 Å². The maximum atomic E-state index is 13.2. The maximum absolute atomic E-state index is 13.2. The van der Waals surface area contributed by atoms with Gasteiger partial charge in [-0.05, 0) is 43.7 Å². The normalized spacial score (nSPS) is 11.3. The van der Waals surface area contributed by atoms with Gasteiger partial charge in [0.05, 0.1) is 11.4 Å². The minimum atomic E-state index is -3.90. The minimum Gasteiger partial charge on any atom is -0.325 e. The van der Waals surface area contributed by atoms with Crippen molar-refractivity contribution >= 4 is 27.4 Å². The second kappa shape index (κ2) is 9.68. The number of sulfonamides is 1. The number of rotatable bonds is 8. The number of nitrogens with zero attached hydrogens (tertiary/aromatic N) is 1. The molecule has 0 heterocycles. The first-order valence-electron chi connectivity index (χ1n) is 9.77. The molecule has 160 valence electrons. The van der Waals surface area contributed by atoms with Crippen LogP contribution in [0.1, 0.15) is 28.4 Å². The summed E-state index contributed by atoms with van der Waals surface area (Å²) in [6, 6.07) is 22.1. The summed E-state index contributed by atoms with van der Waals surface area (Å²) in [4.78, 5) is 24.4. The average Bonchev–Trinajstić information content (AvgIpc) is 2.75. The number of anilines is 1. The lowest BCUT2D eigenvalue weighted by molar-refractivity contribution is -0.116. The topological polar surface area (TPSA) is 83.6 Å². The van der Waals surface area contributed by atoms with Crippen LogP contribution in [0.4, 0.5) is 5.69 Å². The van der Waals surface area contributed by atoms with Crippen LogP contribution in [-0.2, 0) is 21.4 Å². The van der Waals surface area contributed by atoms with Crippen LogP contribution in [-0.4, -0.2) is 31.0 Å². The Hall–Kier alpha value is -3.29. The summed E-state index contributed by atoms with van der Waals surface area (Å²) >= 11 is 0. The molecule has 0 bridgehead atoms. The molecular weight excluding hydrogens is 412 g/mol. The number of hydrogen-bond acceptors (Lipinski definition) is 4. The van der Waals surface area contributed by atoms with Crippen LogP contribution in [0.5, 0.6) is 0 Å². The van der Waals surface area contributed by atoms with Gasteiger partial charge in [0.2, 0.25) is 15.9 Å². The zero-order valence-corrected chi connectivity index (χ0v) is 18.2. The predicted octanol–water partition coefficient (Wildman–Crippen LogP) is 4.03. The average molecular weight is 437 g/mol. The number of ketones is 1. The number of nitrogens with one attached hydrogen (secondary N) is 1. The smallest absolute Gasteiger partial charge is 0.243 e. The highest BCUT2D eigenvalue weighted by molar-refractivity contribution is 7.89. The zero-order chi connectivity index (χ0) is 22.4. The van der Waals surface area contributed by atoms with Gasteiger partial charge in [0.15, 0.2) is 5.78 Å². The number of carbonyl (C=O) groups is 2. The van der Waals surface area contributed by atoms with E-state index in [0.717, 1.165) is 15.4 Å². The lowest BCUT2D eigenvalue weighted by Crippen LogP contribution is -2.37. The minimum absolute atomic E-state index is 0.0540. The zero-order valence-electron chi connectivity index (χ0n) is 17.4. The van der Waals surface area contributed by atoms with Gasteiger partial charge in [-0.2, -0.15) is 4.31 Å². The third-order valence-electron chi connectivity index (χ3n) is 4.73. The Morgan fingerprint density at radius 2 is 1.58 bits per heavy atom. The van der Waals surface area contributed by atoms with Crippen LogP contribution in [0.25, 0.3) is 0 Å². The molecule has 6 nitrogen and oxygen atoms in total. The molecular formula is C24H24N2O4S. The summed E-state index contributed by atoms with van der Waals surface area (Å²) in [5.74, 6) is -0.615. The van der Waals surface area contributed by atoms with Crippen molar-refractivity contribution < 1.29 is 18.0 Å². The third-order valence-corrected chi connectivity index (χ3v) is 6.54. The van der Waals surface area contributed by atoms with Gasteiger partial charge >= 0.3 is 0 Å². The summed E-state index contributed by atoms with van der Waals surface area (Å²) < 4.78 is 27.6. The second-order valence-corrected chi connectivity index (χ2v) is 9.19. The monoisotopic (exact) mass is 436 g/mol. The molecule has 0 spiro atoms. The molecule has 0 saturated heterocycles. The Bertz CT molecular complexity index is 1170.